The molecule has 0 spiro atoms. The van der Waals surface area contributed by atoms with E-state index in [1.807, 2.05) is 0 Å². The first-order valence-electron chi connectivity index (χ1n) is 9.72. The predicted molar refractivity (Wildman–Crippen MR) is 118 cm³/mol. The molecule has 1 aromatic carbocycles. The Morgan fingerprint density at radius 1 is 1.19 bits per heavy atom. The number of aliphatic imine (C=N–C) groups is 1. The van der Waals surface area contributed by atoms with Crippen LogP contribution in [0.4, 0.5) is 0 Å². The maximum Gasteiger partial charge on any atom is 0.194 e. The molecule has 0 bridgehead atoms. The van der Waals surface area contributed by atoms with Crippen LogP contribution in [0.3, 0.4) is 0 Å². The Morgan fingerprint density at radius 2 is 2.00 bits per heavy atom. The summed E-state index contributed by atoms with van der Waals surface area (Å²) in [5.74, 6) is 1.62. The molecule has 0 amide bonds. The van der Waals surface area contributed by atoms with Gasteiger partial charge in [0.1, 0.15) is 0 Å². The number of nitrogens with one attached hydrogen (secondary N) is 1. The van der Waals surface area contributed by atoms with E-state index in [1.165, 1.54) is 18.5 Å². The summed E-state index contributed by atoms with van der Waals surface area (Å²) < 4.78 is 0. The minimum Gasteiger partial charge on any atom is -0.391 e. The Kier molecular flexibility index (Phi) is 9.15. The number of benzene rings is 1. The predicted octanol–water partition coefficient (Wildman–Crippen LogP) is 2.20. The smallest absolute Gasteiger partial charge is 0.194 e. The lowest BCUT2D eigenvalue weighted by Gasteiger charge is -2.21. The van der Waals surface area contributed by atoms with Crippen LogP contribution in [0.2, 0.25) is 0 Å². The van der Waals surface area contributed by atoms with Crippen LogP contribution in [-0.2, 0) is 6.42 Å². The van der Waals surface area contributed by atoms with Crippen molar-refractivity contribution >= 4 is 29.9 Å². The Labute approximate surface area is 174 Å². The van der Waals surface area contributed by atoms with Gasteiger partial charge in [-0.05, 0) is 44.2 Å². The zero-order valence-electron chi connectivity index (χ0n) is 15.8. The van der Waals surface area contributed by atoms with Crippen LogP contribution >= 0.6 is 24.0 Å². The van der Waals surface area contributed by atoms with Gasteiger partial charge in [0.25, 0.3) is 0 Å². The van der Waals surface area contributed by atoms with Gasteiger partial charge in [-0.2, -0.15) is 0 Å². The Balaban J connectivity index is 0.00000243. The molecule has 2 heterocycles. The number of halogens is 1. The molecule has 0 radical (unpaired) electrons. The molecule has 0 aromatic heterocycles. The Bertz CT molecular complexity index is 554. The monoisotopic (exact) mass is 472 g/mol. The lowest BCUT2D eigenvalue weighted by Crippen LogP contribution is -2.40. The number of aliphatic hydroxyl groups excluding tert-OH is 1. The number of rotatable bonds is 6. The van der Waals surface area contributed by atoms with Crippen molar-refractivity contribution in [2.24, 2.45) is 10.9 Å². The van der Waals surface area contributed by atoms with E-state index >= 15 is 0 Å². The van der Waals surface area contributed by atoms with E-state index in [4.69, 9.17) is 4.99 Å². The Morgan fingerprint density at radius 3 is 2.69 bits per heavy atom. The summed E-state index contributed by atoms with van der Waals surface area (Å²) in [5, 5.41) is 13.1. The molecule has 0 aliphatic carbocycles. The standard InChI is InChI=1S/C20H32N4O.HI/c1-2-21-20(24-13-10-19(25)16-24)22-14-18-9-12-23(15-18)11-8-17-6-4-3-5-7-17;/h3-7,18-19,25H,2,8-16H2,1H3,(H,21,22);1H/t18?,19-;/m1./s1. The van der Waals surface area contributed by atoms with Crippen molar-refractivity contribution in [2.75, 3.05) is 45.8 Å². The molecule has 5 nitrogen and oxygen atoms in total. The van der Waals surface area contributed by atoms with Crippen molar-refractivity contribution in [3.63, 3.8) is 0 Å². The van der Waals surface area contributed by atoms with E-state index in [-0.39, 0.29) is 30.1 Å². The van der Waals surface area contributed by atoms with Gasteiger partial charge < -0.3 is 20.2 Å². The van der Waals surface area contributed by atoms with Gasteiger partial charge in [-0.3, -0.25) is 4.99 Å². The lowest BCUT2D eigenvalue weighted by atomic mass is 10.1. The topological polar surface area (TPSA) is 51.1 Å². The summed E-state index contributed by atoms with van der Waals surface area (Å²) in [7, 11) is 0. The van der Waals surface area contributed by atoms with E-state index in [0.717, 1.165) is 51.5 Å². The summed E-state index contributed by atoms with van der Waals surface area (Å²) in [4.78, 5) is 9.62. The highest BCUT2D eigenvalue weighted by Gasteiger charge is 2.25. The van der Waals surface area contributed by atoms with Gasteiger partial charge in [0, 0.05) is 39.3 Å². The molecular formula is C20H33IN4O. The van der Waals surface area contributed by atoms with Crippen molar-refractivity contribution in [1.29, 1.82) is 0 Å². The number of hydrogen-bond acceptors (Lipinski definition) is 3. The maximum absolute atomic E-state index is 9.75. The fourth-order valence-electron chi connectivity index (χ4n) is 3.77. The van der Waals surface area contributed by atoms with Crippen molar-refractivity contribution in [3.05, 3.63) is 35.9 Å². The van der Waals surface area contributed by atoms with Gasteiger partial charge in [-0.15, -0.1) is 24.0 Å². The highest BCUT2D eigenvalue weighted by Crippen LogP contribution is 2.17. The van der Waals surface area contributed by atoms with Crippen molar-refractivity contribution in [3.8, 4) is 0 Å². The van der Waals surface area contributed by atoms with Crippen LogP contribution in [0.1, 0.15) is 25.3 Å². The molecule has 1 aromatic rings. The summed E-state index contributed by atoms with van der Waals surface area (Å²) in [6, 6.07) is 10.7. The number of likely N-dealkylation sites (tertiary alicyclic amines) is 2. The lowest BCUT2D eigenvalue weighted by molar-refractivity contribution is 0.187. The normalized spacial score (nSPS) is 23.9. The van der Waals surface area contributed by atoms with E-state index in [0.29, 0.717) is 12.5 Å². The van der Waals surface area contributed by atoms with E-state index in [9.17, 15) is 5.11 Å². The van der Waals surface area contributed by atoms with E-state index in [2.05, 4.69) is 52.4 Å². The molecule has 2 N–H and O–H groups in total. The summed E-state index contributed by atoms with van der Waals surface area (Å²) >= 11 is 0. The van der Waals surface area contributed by atoms with Gasteiger partial charge >= 0.3 is 0 Å². The summed E-state index contributed by atoms with van der Waals surface area (Å²) in [6.07, 6.45) is 3.01. The van der Waals surface area contributed by atoms with E-state index in [1.54, 1.807) is 0 Å². The molecule has 2 saturated heterocycles. The van der Waals surface area contributed by atoms with Crippen LogP contribution in [-0.4, -0.2) is 72.8 Å². The number of nitrogens with zero attached hydrogens (tertiary/aromatic N) is 3. The third kappa shape index (κ3) is 6.39. The molecule has 2 aliphatic rings. The van der Waals surface area contributed by atoms with Crippen LogP contribution in [0.25, 0.3) is 0 Å². The fraction of sp³-hybridized carbons (Fsp3) is 0.650. The van der Waals surface area contributed by atoms with Gasteiger partial charge in [0.15, 0.2) is 5.96 Å². The summed E-state index contributed by atoms with van der Waals surface area (Å²) in [6.45, 7) is 8.95. The number of aliphatic hydroxyl groups is 1. The van der Waals surface area contributed by atoms with Crippen LogP contribution in [0.15, 0.2) is 35.3 Å². The van der Waals surface area contributed by atoms with Gasteiger partial charge in [0.05, 0.1) is 6.10 Å². The Hall–Kier alpha value is -0.860. The zero-order chi connectivity index (χ0) is 17.5. The van der Waals surface area contributed by atoms with Crippen molar-refractivity contribution < 1.29 is 5.11 Å². The third-order valence-corrected chi connectivity index (χ3v) is 5.23. The van der Waals surface area contributed by atoms with Crippen LogP contribution < -0.4 is 5.32 Å². The molecule has 0 saturated carbocycles. The fourth-order valence-corrected chi connectivity index (χ4v) is 3.77. The third-order valence-electron chi connectivity index (χ3n) is 5.23. The second-order valence-electron chi connectivity index (χ2n) is 7.27. The molecule has 2 atom stereocenters. The van der Waals surface area contributed by atoms with Gasteiger partial charge in [-0.25, -0.2) is 0 Å². The number of β-amino-alcohol motifs (C(OH)–C–C–N with tert-alkyl or cyclic N) is 1. The van der Waals surface area contributed by atoms with Crippen LogP contribution in [0, 0.1) is 5.92 Å². The summed E-state index contributed by atoms with van der Waals surface area (Å²) in [5.41, 5.74) is 1.42. The maximum atomic E-state index is 9.75. The second kappa shape index (κ2) is 11.1. The SMILES string of the molecule is CCNC(=NCC1CCN(CCc2ccccc2)C1)N1CC[C@@H](O)C1.I. The molecule has 3 rings (SSSR count). The van der Waals surface area contributed by atoms with Crippen LogP contribution in [0.5, 0.6) is 0 Å². The molecule has 146 valence electrons. The van der Waals surface area contributed by atoms with E-state index < -0.39 is 0 Å². The first kappa shape index (κ1) is 21.4. The molecule has 2 fully saturated rings. The first-order valence-corrected chi connectivity index (χ1v) is 9.72. The average molecular weight is 472 g/mol. The minimum absolute atomic E-state index is 0. The highest BCUT2D eigenvalue weighted by molar-refractivity contribution is 14.0. The molecule has 1 unspecified atom stereocenters. The number of guanidine groups is 1. The average Bonchev–Trinajstić information content (AvgIpc) is 3.27. The molecule has 2 aliphatic heterocycles. The van der Waals surface area contributed by atoms with Gasteiger partial charge in [0.2, 0.25) is 0 Å². The molecule has 6 heteroatoms. The number of hydrogen-bond donors (Lipinski definition) is 2. The molecule has 26 heavy (non-hydrogen) atoms. The minimum atomic E-state index is -0.205. The second-order valence-corrected chi connectivity index (χ2v) is 7.27. The van der Waals surface area contributed by atoms with Crippen molar-refractivity contribution in [2.45, 2.75) is 32.3 Å². The highest BCUT2D eigenvalue weighted by atomic mass is 127. The molecular weight excluding hydrogens is 439 g/mol. The quantitative estimate of drug-likeness (QED) is 0.379. The zero-order valence-corrected chi connectivity index (χ0v) is 18.1. The van der Waals surface area contributed by atoms with Gasteiger partial charge in [-0.1, -0.05) is 30.3 Å². The largest absolute Gasteiger partial charge is 0.391 e. The van der Waals surface area contributed by atoms with Crippen molar-refractivity contribution in [1.82, 2.24) is 15.1 Å². The first-order chi connectivity index (χ1) is 12.2.